The molecule has 5 rings (SSSR count). The Kier molecular flexibility index (Phi) is 5.05. The number of Topliss-reactive ketones (excluding diaryl/α,β-unsaturated/α-hetero) is 2. The van der Waals surface area contributed by atoms with Crippen LogP contribution >= 0.6 is 0 Å². The van der Waals surface area contributed by atoms with Crippen molar-refractivity contribution in [1.29, 1.82) is 0 Å². The number of rotatable bonds is 2. The Morgan fingerprint density at radius 2 is 1.18 bits per heavy atom. The van der Waals surface area contributed by atoms with Crippen molar-refractivity contribution in [3.05, 3.63) is 91.8 Å². The second-order valence-electron chi connectivity index (χ2n) is 9.40. The second-order valence-corrected chi connectivity index (χ2v) is 9.40. The molecule has 168 valence electrons. The predicted molar refractivity (Wildman–Crippen MR) is 138 cm³/mol. The SMILES string of the molecule is Cc1cc(C)c(N=C2C=c3cccc4c3=C(C(=O)C4=O)C2=Nc2c(C)cc(C)cc2C)c(C)c1. The predicted octanol–water partition coefficient (Wildman–Crippen LogP) is 4.79. The van der Waals surface area contributed by atoms with Gasteiger partial charge in [-0.25, -0.2) is 9.98 Å². The van der Waals surface area contributed by atoms with Gasteiger partial charge in [0.25, 0.3) is 0 Å². The lowest BCUT2D eigenvalue weighted by Crippen LogP contribution is -2.37. The van der Waals surface area contributed by atoms with Crippen LogP contribution in [0.25, 0.3) is 11.6 Å². The first kappa shape index (κ1) is 21.9. The number of nitrogens with zero attached hydrogens (tertiary/aromatic N) is 2. The van der Waals surface area contributed by atoms with E-state index in [1.807, 2.05) is 45.9 Å². The van der Waals surface area contributed by atoms with Crippen molar-refractivity contribution in [2.45, 2.75) is 41.5 Å². The summed E-state index contributed by atoms with van der Waals surface area (Å²) in [4.78, 5) is 36.2. The first-order chi connectivity index (χ1) is 16.2. The number of carbonyl (C=O) groups is 2. The van der Waals surface area contributed by atoms with Gasteiger partial charge >= 0.3 is 0 Å². The summed E-state index contributed by atoms with van der Waals surface area (Å²) in [6.45, 7) is 12.2. The standard InChI is InChI=1S/C30H26N2O2/c1-15-10-17(3)26(18(4)11-15)31-23-14-21-8-7-9-22-24(21)25(30(34)29(22)33)28(23)32-27-19(5)12-16(2)13-20(27)6/h7-14H,1-6H3. The number of hydrogen-bond acceptors (Lipinski definition) is 4. The molecule has 2 aliphatic carbocycles. The maximum Gasteiger partial charge on any atom is 0.236 e. The number of hydrogen-bond donors (Lipinski definition) is 0. The van der Waals surface area contributed by atoms with Crippen LogP contribution in [0.5, 0.6) is 0 Å². The Hall–Kier alpha value is -3.92. The third-order valence-corrected chi connectivity index (χ3v) is 6.52. The van der Waals surface area contributed by atoms with Crippen LogP contribution < -0.4 is 10.4 Å². The minimum atomic E-state index is -0.512. The van der Waals surface area contributed by atoms with Gasteiger partial charge in [0.2, 0.25) is 11.6 Å². The summed E-state index contributed by atoms with van der Waals surface area (Å²) in [6.07, 6.45) is 1.95. The lowest BCUT2D eigenvalue weighted by atomic mass is 9.95. The van der Waals surface area contributed by atoms with Crippen LogP contribution in [-0.2, 0) is 4.79 Å². The molecule has 4 heteroatoms. The van der Waals surface area contributed by atoms with Crippen molar-refractivity contribution in [1.82, 2.24) is 0 Å². The minimum Gasteiger partial charge on any atom is -0.285 e. The number of benzene rings is 3. The van der Waals surface area contributed by atoms with Crippen LogP contribution in [-0.4, -0.2) is 23.0 Å². The van der Waals surface area contributed by atoms with Crippen LogP contribution in [0, 0.1) is 41.5 Å². The highest BCUT2D eigenvalue weighted by Gasteiger charge is 2.36. The average Bonchev–Trinajstić information content (AvgIpc) is 3.01. The van der Waals surface area contributed by atoms with E-state index in [1.165, 1.54) is 5.56 Å². The molecule has 0 bridgehead atoms. The third kappa shape index (κ3) is 3.38. The maximum atomic E-state index is 13.2. The Balaban J connectivity index is 1.88. The molecule has 0 N–H and O–H groups in total. The largest absolute Gasteiger partial charge is 0.285 e. The van der Waals surface area contributed by atoms with E-state index in [-0.39, 0.29) is 0 Å². The molecular weight excluding hydrogens is 420 g/mol. The van der Waals surface area contributed by atoms with E-state index in [1.54, 1.807) is 6.07 Å². The van der Waals surface area contributed by atoms with Crippen molar-refractivity contribution in [3.8, 4) is 0 Å². The molecule has 0 saturated carbocycles. The summed E-state index contributed by atoms with van der Waals surface area (Å²) in [5, 5.41) is 1.50. The van der Waals surface area contributed by atoms with Gasteiger partial charge in [-0.05, 0) is 75.1 Å². The van der Waals surface area contributed by atoms with E-state index in [4.69, 9.17) is 9.98 Å². The first-order valence-corrected chi connectivity index (χ1v) is 11.4. The van der Waals surface area contributed by atoms with Crippen molar-refractivity contribution >= 4 is 46.0 Å². The van der Waals surface area contributed by atoms with E-state index in [0.717, 1.165) is 44.4 Å². The van der Waals surface area contributed by atoms with Gasteiger partial charge in [-0.1, -0.05) is 53.6 Å². The molecule has 0 saturated heterocycles. The molecular formula is C30H26N2O2. The van der Waals surface area contributed by atoms with Gasteiger partial charge in [0, 0.05) is 10.8 Å². The summed E-state index contributed by atoms with van der Waals surface area (Å²) in [5.74, 6) is -0.990. The minimum absolute atomic E-state index is 0.360. The third-order valence-electron chi connectivity index (χ3n) is 6.52. The van der Waals surface area contributed by atoms with Crippen molar-refractivity contribution in [3.63, 3.8) is 0 Å². The van der Waals surface area contributed by atoms with Gasteiger partial charge in [-0.15, -0.1) is 0 Å². The van der Waals surface area contributed by atoms with Gasteiger partial charge in [0.05, 0.1) is 22.7 Å². The van der Waals surface area contributed by atoms with Crippen LogP contribution in [0.3, 0.4) is 0 Å². The summed E-state index contributed by atoms with van der Waals surface area (Å²) in [5.41, 5.74) is 10.00. The molecule has 4 nitrogen and oxygen atoms in total. The molecule has 0 spiro atoms. The number of ketones is 2. The number of carbonyl (C=O) groups excluding carboxylic acids is 2. The highest BCUT2D eigenvalue weighted by atomic mass is 16.2. The number of aryl methyl sites for hydroxylation is 6. The van der Waals surface area contributed by atoms with Crippen LogP contribution in [0.15, 0.2) is 52.4 Å². The fourth-order valence-corrected chi connectivity index (χ4v) is 5.21. The van der Waals surface area contributed by atoms with Crippen LogP contribution in [0.2, 0.25) is 0 Å². The maximum absolute atomic E-state index is 13.2. The fourth-order valence-electron chi connectivity index (χ4n) is 5.21. The van der Waals surface area contributed by atoms with Crippen molar-refractivity contribution in [2.24, 2.45) is 9.98 Å². The lowest BCUT2D eigenvalue weighted by molar-refractivity contribution is -0.109. The van der Waals surface area contributed by atoms with Gasteiger partial charge in [0.1, 0.15) is 5.71 Å². The monoisotopic (exact) mass is 446 g/mol. The topological polar surface area (TPSA) is 58.9 Å². The smallest absolute Gasteiger partial charge is 0.236 e. The first-order valence-electron chi connectivity index (χ1n) is 11.4. The summed E-state index contributed by atoms with van der Waals surface area (Å²) in [6, 6.07) is 13.8. The molecule has 0 amide bonds. The van der Waals surface area contributed by atoms with E-state index >= 15 is 0 Å². The molecule has 3 aromatic rings. The van der Waals surface area contributed by atoms with Crippen LogP contribution in [0.1, 0.15) is 43.7 Å². The molecule has 0 unspecified atom stereocenters. The zero-order valence-electron chi connectivity index (χ0n) is 20.3. The molecule has 2 aliphatic rings. The highest BCUT2D eigenvalue weighted by Crippen LogP contribution is 2.30. The zero-order valence-corrected chi connectivity index (χ0v) is 20.3. The van der Waals surface area contributed by atoms with E-state index in [0.29, 0.717) is 27.8 Å². The molecule has 34 heavy (non-hydrogen) atoms. The quantitative estimate of drug-likeness (QED) is 0.532. The molecule has 0 aliphatic heterocycles. The van der Waals surface area contributed by atoms with Gasteiger partial charge < -0.3 is 0 Å². The van der Waals surface area contributed by atoms with Gasteiger partial charge in [0.15, 0.2) is 0 Å². The van der Waals surface area contributed by atoms with E-state index in [2.05, 4.69) is 38.1 Å². The number of aliphatic imine (C=N–C) groups is 2. The van der Waals surface area contributed by atoms with E-state index < -0.39 is 11.6 Å². The van der Waals surface area contributed by atoms with Crippen LogP contribution in [0.4, 0.5) is 11.4 Å². The Morgan fingerprint density at radius 1 is 0.647 bits per heavy atom. The normalized spacial score (nSPS) is 16.9. The van der Waals surface area contributed by atoms with Gasteiger partial charge in [-0.3, -0.25) is 9.59 Å². The Labute approximate surface area is 199 Å². The summed E-state index contributed by atoms with van der Waals surface area (Å²) in [7, 11) is 0. The Morgan fingerprint density at radius 3 is 1.74 bits per heavy atom. The molecule has 0 aromatic heterocycles. The summed E-state index contributed by atoms with van der Waals surface area (Å²) >= 11 is 0. The zero-order chi connectivity index (χ0) is 24.3. The molecule has 0 atom stereocenters. The molecule has 0 fully saturated rings. The molecule has 0 radical (unpaired) electrons. The average molecular weight is 447 g/mol. The summed E-state index contributed by atoms with van der Waals surface area (Å²) < 4.78 is 0. The molecule has 0 heterocycles. The van der Waals surface area contributed by atoms with Crippen molar-refractivity contribution < 1.29 is 9.59 Å². The van der Waals surface area contributed by atoms with E-state index in [9.17, 15) is 9.59 Å². The second kappa shape index (κ2) is 7.84. The lowest BCUT2D eigenvalue weighted by Gasteiger charge is -2.15. The highest BCUT2D eigenvalue weighted by molar-refractivity contribution is 6.80. The van der Waals surface area contributed by atoms with Crippen molar-refractivity contribution in [2.75, 3.05) is 0 Å². The van der Waals surface area contributed by atoms with Gasteiger partial charge in [-0.2, -0.15) is 0 Å². The molecule has 3 aromatic carbocycles. The fraction of sp³-hybridized carbons (Fsp3) is 0.200. The Bertz CT molecular complexity index is 1590.